The Morgan fingerprint density at radius 3 is 2.06 bits per heavy atom. The number of ketones is 1. The van der Waals surface area contributed by atoms with Crippen molar-refractivity contribution in [1.29, 1.82) is 0 Å². The lowest BCUT2D eigenvalue weighted by atomic mass is 10.1. The van der Waals surface area contributed by atoms with E-state index in [-0.39, 0.29) is 23.6 Å². The first-order valence-corrected chi connectivity index (χ1v) is 11.3. The number of aryl methyl sites for hydroxylation is 1. The second-order valence-electron chi connectivity index (χ2n) is 7.93. The molecule has 170 valence electrons. The Kier molecular flexibility index (Phi) is 9.36. The quantitative estimate of drug-likeness (QED) is 0.295. The molecule has 2 rings (SSSR count). The van der Waals surface area contributed by atoms with Crippen LogP contribution in [0.3, 0.4) is 0 Å². The van der Waals surface area contributed by atoms with Crippen molar-refractivity contribution in [3.63, 3.8) is 0 Å². The number of benzene rings is 2. The van der Waals surface area contributed by atoms with Gasteiger partial charge in [0.05, 0.1) is 12.8 Å². The predicted molar refractivity (Wildman–Crippen MR) is 119 cm³/mol. The average molecular weight is 452 g/mol. The van der Waals surface area contributed by atoms with Crippen molar-refractivity contribution in [2.24, 2.45) is 0 Å². The van der Waals surface area contributed by atoms with Crippen molar-refractivity contribution in [2.45, 2.75) is 40.2 Å². The minimum Gasteiger partial charge on any atom is -0.453 e. The van der Waals surface area contributed by atoms with Crippen LogP contribution in [-0.4, -0.2) is 43.1 Å². The molecule has 0 saturated heterocycles. The number of rotatable bonds is 6. The Balaban J connectivity index is 0.000000861. The van der Waals surface area contributed by atoms with E-state index in [4.69, 9.17) is 14.0 Å². The first kappa shape index (κ1) is 26.3. The van der Waals surface area contributed by atoms with Gasteiger partial charge in [0.1, 0.15) is 5.75 Å². The number of nitrogens with one attached hydrogen (secondary N) is 1. The van der Waals surface area contributed by atoms with Crippen LogP contribution in [0.2, 0.25) is 0 Å². The van der Waals surface area contributed by atoms with Gasteiger partial charge in [0, 0.05) is 18.0 Å². The lowest BCUT2D eigenvalue weighted by Gasteiger charge is -2.20. The van der Waals surface area contributed by atoms with Crippen molar-refractivity contribution in [2.75, 3.05) is 12.8 Å². The van der Waals surface area contributed by atoms with Gasteiger partial charge in [-0.3, -0.25) is 14.1 Å². The third kappa shape index (κ3) is 11.9. The topological polar surface area (TPSA) is 119 Å². The van der Waals surface area contributed by atoms with Gasteiger partial charge < -0.3 is 14.8 Å². The van der Waals surface area contributed by atoms with E-state index in [2.05, 4.69) is 5.32 Å². The van der Waals surface area contributed by atoms with E-state index >= 15 is 0 Å². The van der Waals surface area contributed by atoms with Crippen LogP contribution in [0, 0.1) is 6.92 Å². The van der Waals surface area contributed by atoms with Gasteiger partial charge in [0.15, 0.2) is 17.3 Å². The SMILES string of the molecule is CC(=O)Oc1cc(C(=O)CNC(C)(C)C)ccc1Oc1ccc(C)cc1.CS(=O)(=O)O. The molecule has 0 aliphatic carbocycles. The number of esters is 1. The van der Waals surface area contributed by atoms with E-state index in [9.17, 15) is 18.0 Å². The molecule has 0 aliphatic heterocycles. The van der Waals surface area contributed by atoms with Crippen molar-refractivity contribution < 1.29 is 32.0 Å². The molecule has 0 saturated carbocycles. The number of carbonyl (C=O) groups is 2. The van der Waals surface area contributed by atoms with Gasteiger partial charge in [-0.15, -0.1) is 0 Å². The summed E-state index contributed by atoms with van der Waals surface area (Å²) in [6.07, 6.45) is 0.715. The Bertz CT molecular complexity index is 999. The molecule has 0 bridgehead atoms. The molecule has 2 aromatic carbocycles. The highest BCUT2D eigenvalue weighted by Crippen LogP contribution is 2.33. The molecular formula is C22H29NO7S. The summed E-state index contributed by atoms with van der Waals surface area (Å²) in [6.45, 7) is 9.46. The number of carbonyl (C=O) groups excluding carboxylic acids is 2. The third-order valence-electron chi connectivity index (χ3n) is 3.55. The maximum Gasteiger partial charge on any atom is 0.308 e. The third-order valence-corrected chi connectivity index (χ3v) is 3.55. The molecule has 9 heteroatoms. The fourth-order valence-electron chi connectivity index (χ4n) is 2.18. The second kappa shape index (κ2) is 11.0. The summed E-state index contributed by atoms with van der Waals surface area (Å²) >= 11 is 0. The summed E-state index contributed by atoms with van der Waals surface area (Å²) in [7, 11) is -3.67. The summed E-state index contributed by atoms with van der Waals surface area (Å²) in [5.74, 6) is 0.660. The molecule has 0 heterocycles. The van der Waals surface area contributed by atoms with E-state index in [1.165, 1.54) is 13.0 Å². The number of Topliss-reactive ketones (excluding diaryl/α,β-unsaturated/α-hetero) is 1. The van der Waals surface area contributed by atoms with Crippen LogP contribution in [0.5, 0.6) is 17.2 Å². The first-order chi connectivity index (χ1) is 14.1. The highest BCUT2D eigenvalue weighted by atomic mass is 32.2. The molecule has 0 aliphatic rings. The standard InChI is InChI=1S/C21H25NO4.CH4O3S/c1-14-6-9-17(10-7-14)26-19-11-8-16(12-20(19)25-15(2)23)18(24)13-22-21(3,4)5;1-5(2,3)4/h6-12,22H,13H2,1-5H3;1H3,(H,2,3,4). The molecule has 0 amide bonds. The highest BCUT2D eigenvalue weighted by molar-refractivity contribution is 7.85. The Morgan fingerprint density at radius 1 is 1.03 bits per heavy atom. The normalized spacial score (nSPS) is 11.2. The predicted octanol–water partition coefficient (Wildman–Crippen LogP) is 3.79. The van der Waals surface area contributed by atoms with Crippen LogP contribution in [0.25, 0.3) is 0 Å². The van der Waals surface area contributed by atoms with Gasteiger partial charge >= 0.3 is 5.97 Å². The van der Waals surface area contributed by atoms with Crippen LogP contribution < -0.4 is 14.8 Å². The van der Waals surface area contributed by atoms with Gasteiger partial charge in [-0.05, 0) is 58.0 Å². The molecule has 2 N–H and O–H groups in total. The Labute approximate surface area is 183 Å². The lowest BCUT2D eigenvalue weighted by Crippen LogP contribution is -2.39. The van der Waals surface area contributed by atoms with Gasteiger partial charge in [0.25, 0.3) is 10.1 Å². The van der Waals surface area contributed by atoms with E-state index in [1.807, 2.05) is 52.0 Å². The molecule has 0 aromatic heterocycles. The second-order valence-corrected chi connectivity index (χ2v) is 9.40. The summed E-state index contributed by atoms with van der Waals surface area (Å²) in [6, 6.07) is 12.4. The van der Waals surface area contributed by atoms with E-state index in [1.54, 1.807) is 12.1 Å². The molecule has 0 unspecified atom stereocenters. The monoisotopic (exact) mass is 451 g/mol. The summed E-state index contributed by atoms with van der Waals surface area (Å²) in [5.41, 5.74) is 1.40. The zero-order chi connectivity index (χ0) is 23.8. The fourth-order valence-corrected chi connectivity index (χ4v) is 2.18. The van der Waals surface area contributed by atoms with Crippen molar-refractivity contribution in [3.05, 3.63) is 53.6 Å². The Hall–Kier alpha value is -2.75. The van der Waals surface area contributed by atoms with Crippen LogP contribution in [0.4, 0.5) is 0 Å². The summed E-state index contributed by atoms with van der Waals surface area (Å²) in [4.78, 5) is 23.8. The Morgan fingerprint density at radius 2 is 1.58 bits per heavy atom. The van der Waals surface area contributed by atoms with Crippen molar-refractivity contribution in [1.82, 2.24) is 5.32 Å². The van der Waals surface area contributed by atoms with Gasteiger partial charge in [-0.1, -0.05) is 17.7 Å². The zero-order valence-electron chi connectivity index (χ0n) is 18.6. The number of ether oxygens (including phenoxy) is 2. The summed E-state index contributed by atoms with van der Waals surface area (Å²) < 4.78 is 36.9. The number of hydrogen-bond donors (Lipinski definition) is 2. The van der Waals surface area contributed by atoms with E-state index < -0.39 is 16.1 Å². The smallest absolute Gasteiger partial charge is 0.308 e. The minimum atomic E-state index is -3.67. The fraction of sp³-hybridized carbons (Fsp3) is 0.364. The molecule has 0 atom stereocenters. The van der Waals surface area contributed by atoms with Gasteiger partial charge in [0.2, 0.25) is 0 Å². The lowest BCUT2D eigenvalue weighted by molar-refractivity contribution is -0.132. The first-order valence-electron chi connectivity index (χ1n) is 9.42. The molecule has 8 nitrogen and oxygen atoms in total. The van der Waals surface area contributed by atoms with Gasteiger partial charge in [-0.2, -0.15) is 8.42 Å². The maximum absolute atomic E-state index is 12.4. The van der Waals surface area contributed by atoms with Crippen LogP contribution >= 0.6 is 0 Å². The molecule has 0 fully saturated rings. The van der Waals surface area contributed by atoms with Crippen LogP contribution in [-0.2, 0) is 14.9 Å². The highest BCUT2D eigenvalue weighted by Gasteiger charge is 2.16. The molecular weight excluding hydrogens is 422 g/mol. The maximum atomic E-state index is 12.4. The van der Waals surface area contributed by atoms with Crippen molar-refractivity contribution >= 4 is 21.9 Å². The van der Waals surface area contributed by atoms with Crippen LogP contribution in [0.1, 0.15) is 43.6 Å². The number of hydrogen-bond acceptors (Lipinski definition) is 7. The average Bonchev–Trinajstić information content (AvgIpc) is 2.60. The molecule has 2 aromatic rings. The largest absolute Gasteiger partial charge is 0.453 e. The molecule has 31 heavy (non-hydrogen) atoms. The van der Waals surface area contributed by atoms with Crippen molar-refractivity contribution in [3.8, 4) is 17.2 Å². The minimum absolute atomic E-state index is 0.0878. The summed E-state index contributed by atoms with van der Waals surface area (Å²) in [5, 5.41) is 3.15. The molecule has 0 radical (unpaired) electrons. The zero-order valence-corrected chi connectivity index (χ0v) is 19.4. The molecule has 0 spiro atoms. The van der Waals surface area contributed by atoms with E-state index in [0.29, 0.717) is 23.3 Å². The van der Waals surface area contributed by atoms with E-state index in [0.717, 1.165) is 5.56 Å². The van der Waals surface area contributed by atoms with Crippen LogP contribution in [0.15, 0.2) is 42.5 Å². The van der Waals surface area contributed by atoms with Gasteiger partial charge in [-0.25, -0.2) is 0 Å².